The number of furan rings is 1. The topological polar surface area (TPSA) is 79.8 Å². The monoisotopic (exact) mass is 351 g/mol. The summed E-state index contributed by atoms with van der Waals surface area (Å²) in [4.78, 5) is 27.9. The molecule has 6 nitrogen and oxygen atoms in total. The number of piperidine rings is 1. The van der Waals surface area contributed by atoms with Crippen molar-refractivity contribution in [2.24, 2.45) is 11.7 Å². The van der Waals surface area contributed by atoms with E-state index >= 15 is 0 Å². The lowest BCUT2D eigenvalue weighted by Crippen LogP contribution is -2.36. The van der Waals surface area contributed by atoms with Crippen LogP contribution in [0.5, 0.6) is 0 Å². The lowest BCUT2D eigenvalue weighted by atomic mass is 9.97. The minimum atomic E-state index is -0.241. The Morgan fingerprint density at radius 1 is 1.48 bits per heavy atom. The number of primary amides is 1. The highest BCUT2D eigenvalue weighted by atomic mass is 32.2. The first kappa shape index (κ1) is 16.1. The Bertz CT molecular complexity index is 649. The molecule has 2 saturated heterocycles. The van der Waals surface area contributed by atoms with Crippen molar-refractivity contribution in [3.63, 3.8) is 0 Å². The number of nitrogens with two attached hydrogens (primary N) is 1. The van der Waals surface area contributed by atoms with Gasteiger partial charge >= 0.3 is 0 Å². The molecule has 0 aliphatic carbocycles. The van der Waals surface area contributed by atoms with Crippen LogP contribution in [0, 0.1) is 5.92 Å². The number of amides is 2. The maximum absolute atomic E-state index is 12.5. The summed E-state index contributed by atoms with van der Waals surface area (Å²) in [6.45, 7) is 1.78. The number of hydrogen-bond donors (Lipinski definition) is 1. The average Bonchev–Trinajstić information content (AvgIpc) is 3.12. The molecule has 0 spiro atoms. The third kappa shape index (κ3) is 3.59. The van der Waals surface area contributed by atoms with Crippen molar-refractivity contribution in [2.45, 2.75) is 19.4 Å². The van der Waals surface area contributed by atoms with Crippen LogP contribution in [0.15, 0.2) is 33.9 Å². The second kappa shape index (κ2) is 6.76. The van der Waals surface area contributed by atoms with Crippen LogP contribution in [0.2, 0.25) is 0 Å². The van der Waals surface area contributed by atoms with Gasteiger partial charge in [0.15, 0.2) is 0 Å². The molecule has 0 saturated carbocycles. The zero-order valence-corrected chi connectivity index (χ0v) is 14.1. The summed E-state index contributed by atoms with van der Waals surface area (Å²) in [5.74, 6) is 0.292. The highest BCUT2D eigenvalue weighted by Crippen LogP contribution is 2.33. The van der Waals surface area contributed by atoms with Crippen LogP contribution in [-0.2, 0) is 16.1 Å². The fourth-order valence-electron chi connectivity index (χ4n) is 2.66. The van der Waals surface area contributed by atoms with E-state index in [0.717, 1.165) is 25.9 Å². The van der Waals surface area contributed by atoms with Crippen LogP contribution in [0.3, 0.4) is 0 Å². The quantitative estimate of drug-likeness (QED) is 0.657. The van der Waals surface area contributed by atoms with Gasteiger partial charge in [0.2, 0.25) is 5.91 Å². The summed E-state index contributed by atoms with van der Waals surface area (Å²) in [6.07, 6.45) is 4.86. The van der Waals surface area contributed by atoms with Gasteiger partial charge in [-0.05, 0) is 25.0 Å². The van der Waals surface area contributed by atoms with Crippen LogP contribution < -0.4 is 5.73 Å². The number of carbonyl (C=O) groups excluding carboxylic acids is 2. The maximum atomic E-state index is 12.5. The van der Waals surface area contributed by atoms with Crippen LogP contribution in [0.1, 0.15) is 18.6 Å². The Kier molecular flexibility index (Phi) is 4.72. The molecule has 1 aromatic rings. The van der Waals surface area contributed by atoms with E-state index in [-0.39, 0.29) is 17.7 Å². The smallest absolute Gasteiger partial charge is 0.268 e. The Morgan fingerprint density at radius 3 is 2.83 bits per heavy atom. The highest BCUT2D eigenvalue weighted by Gasteiger charge is 2.33. The van der Waals surface area contributed by atoms with E-state index in [1.165, 1.54) is 11.8 Å². The molecule has 3 heterocycles. The summed E-state index contributed by atoms with van der Waals surface area (Å²) in [5.41, 5.74) is 5.34. The fraction of sp³-hybridized carbons (Fsp3) is 0.400. The molecule has 2 N–H and O–H groups in total. The van der Waals surface area contributed by atoms with Gasteiger partial charge in [0.1, 0.15) is 10.1 Å². The summed E-state index contributed by atoms with van der Waals surface area (Å²) in [6, 6.07) is 3.60. The molecule has 0 radical (unpaired) electrons. The minimum Gasteiger partial charge on any atom is -0.467 e. The molecule has 2 aliphatic rings. The van der Waals surface area contributed by atoms with Crippen molar-refractivity contribution in [1.29, 1.82) is 0 Å². The Labute approximate surface area is 143 Å². The number of carbonyl (C=O) groups is 2. The molecule has 0 aromatic carbocycles. The molecule has 2 aliphatic heterocycles. The maximum Gasteiger partial charge on any atom is 0.268 e. The number of rotatable bonds is 4. The standard InChI is InChI=1S/C15H17N3O3S2/c16-13(19)10-3-5-17(6-4-10)9-12-14(20)18(15(22)23-12)8-11-2-1-7-21-11/h1-2,7,9-10H,3-6,8H2,(H2,16,19). The van der Waals surface area contributed by atoms with Gasteiger partial charge in [-0.3, -0.25) is 14.5 Å². The molecule has 2 fully saturated rings. The molecule has 0 atom stereocenters. The highest BCUT2D eigenvalue weighted by molar-refractivity contribution is 8.26. The van der Waals surface area contributed by atoms with Crippen LogP contribution >= 0.6 is 24.0 Å². The first-order valence-corrected chi connectivity index (χ1v) is 8.58. The van der Waals surface area contributed by atoms with E-state index in [1.54, 1.807) is 17.2 Å². The van der Waals surface area contributed by atoms with Crippen molar-refractivity contribution in [1.82, 2.24) is 9.80 Å². The van der Waals surface area contributed by atoms with Crippen molar-refractivity contribution in [2.75, 3.05) is 13.1 Å². The molecule has 122 valence electrons. The molecule has 3 rings (SSSR count). The summed E-state index contributed by atoms with van der Waals surface area (Å²) >= 11 is 6.59. The minimum absolute atomic E-state index is 0.0619. The van der Waals surface area contributed by atoms with Crippen molar-refractivity contribution in [3.8, 4) is 0 Å². The van der Waals surface area contributed by atoms with Gasteiger partial charge in [0.25, 0.3) is 5.91 Å². The predicted octanol–water partition coefficient (Wildman–Crippen LogP) is 1.68. The number of likely N-dealkylation sites (tertiary alicyclic amines) is 1. The van der Waals surface area contributed by atoms with Gasteiger partial charge in [-0.15, -0.1) is 0 Å². The number of nitrogens with zero attached hydrogens (tertiary/aromatic N) is 2. The summed E-state index contributed by atoms with van der Waals surface area (Å²) in [5, 5.41) is 0. The largest absolute Gasteiger partial charge is 0.467 e. The first-order valence-electron chi connectivity index (χ1n) is 7.36. The van der Waals surface area contributed by atoms with E-state index in [2.05, 4.69) is 4.90 Å². The molecule has 0 bridgehead atoms. The van der Waals surface area contributed by atoms with Gasteiger partial charge in [0, 0.05) is 25.2 Å². The number of thiocarbonyl (C=S) groups is 1. The third-order valence-electron chi connectivity index (χ3n) is 4.00. The van der Waals surface area contributed by atoms with Crippen LogP contribution in [0.25, 0.3) is 0 Å². The van der Waals surface area contributed by atoms with Crippen LogP contribution in [0.4, 0.5) is 0 Å². The Hall–Kier alpha value is -1.80. The average molecular weight is 351 g/mol. The van der Waals surface area contributed by atoms with Crippen molar-refractivity contribution >= 4 is 40.1 Å². The van der Waals surface area contributed by atoms with Gasteiger partial charge in [-0.2, -0.15) is 0 Å². The lowest BCUT2D eigenvalue weighted by Gasteiger charge is -2.29. The first-order chi connectivity index (χ1) is 11.0. The van der Waals surface area contributed by atoms with E-state index < -0.39 is 0 Å². The van der Waals surface area contributed by atoms with E-state index in [1.807, 2.05) is 12.3 Å². The molecule has 0 unspecified atom stereocenters. The molecular weight excluding hydrogens is 334 g/mol. The number of hydrogen-bond acceptors (Lipinski definition) is 6. The normalized spacial score (nSPS) is 21.5. The molecule has 2 amide bonds. The van der Waals surface area contributed by atoms with E-state index in [0.29, 0.717) is 21.5 Å². The predicted molar refractivity (Wildman–Crippen MR) is 91.0 cm³/mol. The Morgan fingerprint density at radius 2 is 2.22 bits per heavy atom. The second-order valence-corrected chi connectivity index (χ2v) is 7.22. The summed E-state index contributed by atoms with van der Waals surface area (Å²) < 4.78 is 5.81. The molecule has 23 heavy (non-hydrogen) atoms. The fourth-order valence-corrected chi connectivity index (χ4v) is 3.93. The van der Waals surface area contributed by atoms with Gasteiger partial charge in [0.05, 0.1) is 17.7 Å². The lowest BCUT2D eigenvalue weighted by molar-refractivity contribution is -0.124. The second-order valence-electron chi connectivity index (χ2n) is 5.54. The van der Waals surface area contributed by atoms with Gasteiger partial charge in [-0.25, -0.2) is 0 Å². The van der Waals surface area contributed by atoms with Gasteiger partial charge in [-0.1, -0.05) is 24.0 Å². The zero-order chi connectivity index (χ0) is 16.4. The van der Waals surface area contributed by atoms with E-state index in [4.69, 9.17) is 22.4 Å². The Balaban J connectivity index is 1.64. The molecular formula is C15H17N3O3S2. The van der Waals surface area contributed by atoms with Gasteiger partial charge < -0.3 is 15.1 Å². The van der Waals surface area contributed by atoms with Crippen molar-refractivity contribution < 1.29 is 14.0 Å². The van der Waals surface area contributed by atoms with E-state index in [9.17, 15) is 9.59 Å². The van der Waals surface area contributed by atoms with Crippen LogP contribution in [-0.4, -0.2) is 39.0 Å². The summed E-state index contributed by atoms with van der Waals surface area (Å²) in [7, 11) is 0. The third-order valence-corrected chi connectivity index (χ3v) is 5.36. The number of thioether (sulfide) groups is 1. The SMILES string of the molecule is NC(=O)C1CCN(C=C2SC(=S)N(Cc3ccco3)C2=O)CC1. The molecule has 1 aromatic heterocycles. The molecule has 8 heteroatoms. The van der Waals surface area contributed by atoms with Crippen molar-refractivity contribution in [3.05, 3.63) is 35.3 Å². The zero-order valence-electron chi connectivity index (χ0n) is 12.4.